The molecule has 0 aromatic heterocycles. The van der Waals surface area contributed by atoms with Gasteiger partial charge < -0.3 is 10.1 Å². The summed E-state index contributed by atoms with van der Waals surface area (Å²) in [6.45, 7) is 6.07. The number of anilines is 1. The minimum absolute atomic E-state index is 0.882. The summed E-state index contributed by atoms with van der Waals surface area (Å²) in [5.41, 5.74) is 4.35. The topological polar surface area (TPSA) is 24.5 Å². The second kappa shape index (κ2) is 4.44. The summed E-state index contributed by atoms with van der Waals surface area (Å²) in [6, 6.07) is 6.61. The van der Waals surface area contributed by atoms with E-state index in [2.05, 4.69) is 28.4 Å². The summed E-state index contributed by atoms with van der Waals surface area (Å²) in [6.07, 6.45) is 1.18. The van der Waals surface area contributed by atoms with Gasteiger partial charge in [-0.3, -0.25) is 4.90 Å². The molecule has 3 nitrogen and oxygen atoms in total. The number of nitrogens with zero attached hydrogens (tertiary/aromatic N) is 1. The van der Waals surface area contributed by atoms with Crippen molar-refractivity contribution in [1.82, 2.24) is 4.90 Å². The van der Waals surface area contributed by atoms with Crippen LogP contribution in [0.5, 0.6) is 0 Å². The van der Waals surface area contributed by atoms with Gasteiger partial charge in [0.15, 0.2) is 0 Å². The molecule has 0 spiro atoms. The molecule has 0 amide bonds. The molecular weight excluding hydrogens is 200 g/mol. The molecule has 0 atom stereocenters. The van der Waals surface area contributed by atoms with E-state index in [0.717, 1.165) is 39.4 Å². The van der Waals surface area contributed by atoms with Crippen molar-refractivity contribution >= 4 is 5.69 Å². The van der Waals surface area contributed by atoms with Gasteiger partial charge in [-0.15, -0.1) is 0 Å². The van der Waals surface area contributed by atoms with Crippen molar-refractivity contribution in [2.45, 2.75) is 13.0 Å². The monoisotopic (exact) mass is 218 g/mol. The molecule has 0 saturated carbocycles. The Morgan fingerprint density at radius 3 is 3.00 bits per heavy atom. The summed E-state index contributed by atoms with van der Waals surface area (Å²) in [5, 5.41) is 3.43. The van der Waals surface area contributed by atoms with Gasteiger partial charge in [0.2, 0.25) is 0 Å². The normalized spacial score (nSPS) is 20.5. The molecule has 0 aliphatic carbocycles. The fraction of sp³-hybridized carbons (Fsp3) is 0.538. The first-order valence-electron chi connectivity index (χ1n) is 6.08. The van der Waals surface area contributed by atoms with Crippen molar-refractivity contribution in [2.24, 2.45) is 0 Å². The van der Waals surface area contributed by atoms with Gasteiger partial charge in [-0.1, -0.05) is 12.1 Å². The average Bonchev–Trinajstić information content (AvgIpc) is 2.80. The van der Waals surface area contributed by atoms with Crippen LogP contribution in [0.1, 0.15) is 11.1 Å². The first kappa shape index (κ1) is 10.1. The number of hydrogen-bond acceptors (Lipinski definition) is 3. The molecule has 2 heterocycles. The Balaban J connectivity index is 1.76. The lowest BCUT2D eigenvalue weighted by Crippen LogP contribution is -2.35. The van der Waals surface area contributed by atoms with E-state index in [1.54, 1.807) is 0 Å². The smallest absolute Gasteiger partial charge is 0.0594 e. The Labute approximate surface area is 96.4 Å². The molecule has 0 radical (unpaired) electrons. The molecule has 3 heteroatoms. The first-order chi connectivity index (χ1) is 7.93. The molecule has 86 valence electrons. The van der Waals surface area contributed by atoms with Gasteiger partial charge in [-0.05, 0) is 23.6 Å². The van der Waals surface area contributed by atoms with Gasteiger partial charge in [0.05, 0.1) is 13.2 Å². The van der Waals surface area contributed by atoms with Crippen LogP contribution in [0.25, 0.3) is 0 Å². The molecule has 2 aliphatic rings. The molecule has 1 aromatic rings. The average molecular weight is 218 g/mol. The number of nitrogens with one attached hydrogen (secondary N) is 1. The Morgan fingerprint density at radius 1 is 1.25 bits per heavy atom. The standard InChI is InChI=1S/C13H18N2O/c1-2-11(10-15-6-8-16-9-7-15)12-4-5-14-13(12)3-1/h1-3,14H,4-10H2. The summed E-state index contributed by atoms with van der Waals surface area (Å²) in [5.74, 6) is 0. The van der Waals surface area contributed by atoms with Crippen molar-refractivity contribution < 1.29 is 4.74 Å². The van der Waals surface area contributed by atoms with Crippen LogP contribution in [0.15, 0.2) is 18.2 Å². The minimum Gasteiger partial charge on any atom is -0.384 e. The third-order valence-corrected chi connectivity index (χ3v) is 3.46. The quantitative estimate of drug-likeness (QED) is 0.814. The van der Waals surface area contributed by atoms with Crippen molar-refractivity contribution in [3.63, 3.8) is 0 Å². The fourth-order valence-corrected chi connectivity index (χ4v) is 2.57. The number of ether oxygens (including phenoxy) is 1. The zero-order valence-corrected chi connectivity index (χ0v) is 9.54. The lowest BCUT2D eigenvalue weighted by molar-refractivity contribution is 0.0341. The highest BCUT2D eigenvalue weighted by Crippen LogP contribution is 2.26. The van der Waals surface area contributed by atoms with E-state index in [4.69, 9.17) is 4.74 Å². The van der Waals surface area contributed by atoms with Crippen molar-refractivity contribution in [3.8, 4) is 0 Å². The lowest BCUT2D eigenvalue weighted by Gasteiger charge is -2.27. The maximum atomic E-state index is 5.38. The summed E-state index contributed by atoms with van der Waals surface area (Å²) in [4.78, 5) is 2.48. The fourth-order valence-electron chi connectivity index (χ4n) is 2.57. The van der Waals surface area contributed by atoms with Gasteiger partial charge in [0.25, 0.3) is 0 Å². The molecule has 0 unspecified atom stereocenters. The van der Waals surface area contributed by atoms with Gasteiger partial charge in [-0.2, -0.15) is 0 Å². The van der Waals surface area contributed by atoms with Crippen molar-refractivity contribution in [3.05, 3.63) is 29.3 Å². The lowest BCUT2D eigenvalue weighted by atomic mass is 10.0. The van der Waals surface area contributed by atoms with E-state index in [9.17, 15) is 0 Å². The van der Waals surface area contributed by atoms with E-state index < -0.39 is 0 Å². The number of rotatable bonds is 2. The predicted molar refractivity (Wildman–Crippen MR) is 64.7 cm³/mol. The molecule has 2 aliphatic heterocycles. The van der Waals surface area contributed by atoms with Crippen molar-refractivity contribution in [1.29, 1.82) is 0 Å². The Morgan fingerprint density at radius 2 is 2.12 bits per heavy atom. The molecule has 3 rings (SSSR count). The van der Waals surface area contributed by atoms with Crippen LogP contribution in [-0.4, -0.2) is 37.7 Å². The maximum Gasteiger partial charge on any atom is 0.0594 e. The van der Waals surface area contributed by atoms with E-state index >= 15 is 0 Å². The van der Waals surface area contributed by atoms with Crippen LogP contribution in [0.2, 0.25) is 0 Å². The SMILES string of the molecule is c1cc(CN2CCOCC2)c2c(c1)NCC2. The number of morpholine rings is 1. The predicted octanol–water partition coefficient (Wildman–Crippen LogP) is 1.49. The minimum atomic E-state index is 0.882. The van der Waals surface area contributed by atoms with Crippen LogP contribution >= 0.6 is 0 Å². The number of fused-ring (bicyclic) bond motifs is 1. The highest BCUT2D eigenvalue weighted by molar-refractivity contribution is 5.58. The summed E-state index contributed by atoms with van der Waals surface area (Å²) >= 11 is 0. The van der Waals surface area contributed by atoms with Crippen LogP contribution in [0.4, 0.5) is 5.69 Å². The van der Waals surface area contributed by atoms with Crippen LogP contribution in [0, 0.1) is 0 Å². The maximum absolute atomic E-state index is 5.38. The third kappa shape index (κ3) is 1.93. The second-order valence-corrected chi connectivity index (χ2v) is 4.51. The molecule has 1 fully saturated rings. The van der Waals surface area contributed by atoms with Crippen LogP contribution < -0.4 is 5.32 Å². The Bertz CT molecular complexity index is 372. The first-order valence-corrected chi connectivity index (χ1v) is 6.08. The number of hydrogen-bond donors (Lipinski definition) is 1. The Hall–Kier alpha value is -1.06. The van der Waals surface area contributed by atoms with E-state index in [1.165, 1.54) is 23.2 Å². The van der Waals surface area contributed by atoms with E-state index in [1.807, 2.05) is 0 Å². The van der Waals surface area contributed by atoms with Crippen LogP contribution in [0.3, 0.4) is 0 Å². The second-order valence-electron chi connectivity index (χ2n) is 4.51. The zero-order valence-electron chi connectivity index (χ0n) is 9.54. The molecule has 1 N–H and O–H groups in total. The molecular formula is C13H18N2O. The number of benzene rings is 1. The summed E-state index contributed by atoms with van der Waals surface area (Å²) < 4.78 is 5.38. The zero-order chi connectivity index (χ0) is 10.8. The van der Waals surface area contributed by atoms with E-state index in [0.29, 0.717) is 0 Å². The Kier molecular flexibility index (Phi) is 2.80. The van der Waals surface area contributed by atoms with Crippen molar-refractivity contribution in [2.75, 3.05) is 38.2 Å². The highest BCUT2D eigenvalue weighted by Gasteiger charge is 2.17. The molecule has 1 aromatic carbocycles. The third-order valence-electron chi connectivity index (χ3n) is 3.46. The van der Waals surface area contributed by atoms with Gasteiger partial charge in [0.1, 0.15) is 0 Å². The molecule has 0 bridgehead atoms. The largest absolute Gasteiger partial charge is 0.384 e. The molecule has 16 heavy (non-hydrogen) atoms. The van der Waals surface area contributed by atoms with Gasteiger partial charge >= 0.3 is 0 Å². The molecule has 1 saturated heterocycles. The van der Waals surface area contributed by atoms with E-state index in [-0.39, 0.29) is 0 Å². The van der Waals surface area contributed by atoms with Gasteiger partial charge in [-0.25, -0.2) is 0 Å². The highest BCUT2D eigenvalue weighted by atomic mass is 16.5. The van der Waals surface area contributed by atoms with Crippen LogP contribution in [-0.2, 0) is 17.7 Å². The van der Waals surface area contributed by atoms with Gasteiger partial charge in [0, 0.05) is 31.9 Å². The summed E-state index contributed by atoms with van der Waals surface area (Å²) in [7, 11) is 0.